The maximum Gasteiger partial charge on any atom is 0.472 e. The molecule has 0 spiro atoms. The number of rotatable bonds is 57. The summed E-state index contributed by atoms with van der Waals surface area (Å²) in [5.41, 5.74) is 0. The molecule has 0 aromatic heterocycles. The van der Waals surface area contributed by atoms with Gasteiger partial charge in [0.05, 0.1) is 34.4 Å². The molecule has 8 nitrogen and oxygen atoms in total. The van der Waals surface area contributed by atoms with Crippen molar-refractivity contribution in [3.8, 4) is 0 Å². The van der Waals surface area contributed by atoms with Gasteiger partial charge in [-0.2, -0.15) is 0 Å². The first-order valence-corrected chi connectivity index (χ1v) is 31.3. The van der Waals surface area contributed by atoms with Crippen LogP contribution < -0.4 is 0 Å². The molecule has 0 saturated carbocycles. The first kappa shape index (κ1) is 66.5. The minimum atomic E-state index is -4.28. The normalized spacial score (nSPS) is 13.3. The zero-order valence-electron chi connectivity index (χ0n) is 45.9. The van der Waals surface area contributed by atoms with E-state index in [2.05, 4.69) is 13.8 Å². The average molecular weight is 974 g/mol. The largest absolute Gasteiger partial charge is 0.472 e. The van der Waals surface area contributed by atoms with E-state index in [-0.39, 0.29) is 25.8 Å². The van der Waals surface area contributed by atoms with Gasteiger partial charge in [0.1, 0.15) is 19.3 Å². The summed E-state index contributed by atoms with van der Waals surface area (Å²) in [5.74, 6) is -0.302. The molecular formula is C58H119NO7P+. The molecule has 9 heteroatoms. The minimum Gasteiger partial charge on any atom is -0.457 e. The second-order valence-electron chi connectivity index (χ2n) is 21.8. The van der Waals surface area contributed by atoms with Gasteiger partial charge in [0.25, 0.3) is 0 Å². The molecule has 2 unspecified atom stereocenters. The third-order valence-corrected chi connectivity index (χ3v) is 14.7. The van der Waals surface area contributed by atoms with E-state index in [0.29, 0.717) is 24.1 Å². The monoisotopic (exact) mass is 973 g/mol. The average Bonchev–Trinajstić information content (AvgIpc) is 3.29. The number of quaternary nitrogens is 1. The van der Waals surface area contributed by atoms with Crippen LogP contribution in [0.3, 0.4) is 0 Å². The van der Waals surface area contributed by atoms with Crippen LogP contribution in [0.1, 0.15) is 309 Å². The van der Waals surface area contributed by atoms with E-state index in [1.54, 1.807) is 0 Å². The highest BCUT2D eigenvalue weighted by molar-refractivity contribution is 7.47. The lowest BCUT2D eigenvalue weighted by atomic mass is 10.0. The molecule has 0 fully saturated rings. The SMILES string of the molecule is CCCCCCCCCCCCCCCCCCCCCCCCCCOCC(COP(=O)(O)OCC[N+](C)(C)C)OC(=O)CCCCCCCCCCCCCCCCCCCCCCC. The van der Waals surface area contributed by atoms with Gasteiger partial charge in [0, 0.05) is 13.0 Å². The number of phosphoric acid groups is 1. The molecule has 0 rings (SSSR count). The van der Waals surface area contributed by atoms with Crippen LogP contribution >= 0.6 is 7.82 Å². The van der Waals surface area contributed by atoms with Crippen molar-refractivity contribution in [3.63, 3.8) is 0 Å². The van der Waals surface area contributed by atoms with Crippen molar-refractivity contribution < 1.29 is 37.3 Å². The van der Waals surface area contributed by atoms with Gasteiger partial charge in [-0.1, -0.05) is 290 Å². The molecule has 0 aliphatic heterocycles. The molecule has 0 amide bonds. The molecule has 0 aromatic rings. The zero-order chi connectivity index (χ0) is 49.0. The number of unbranched alkanes of at least 4 members (excludes halogenated alkanes) is 43. The summed E-state index contributed by atoms with van der Waals surface area (Å²) in [6.07, 6.45) is 60.3. The molecule has 1 N–H and O–H groups in total. The fraction of sp³-hybridized carbons (Fsp3) is 0.983. The minimum absolute atomic E-state index is 0.0945. The summed E-state index contributed by atoms with van der Waals surface area (Å²) < 4.78 is 35.3. The van der Waals surface area contributed by atoms with Crippen molar-refractivity contribution in [2.75, 3.05) is 54.1 Å². The van der Waals surface area contributed by atoms with Gasteiger partial charge in [-0.05, 0) is 12.8 Å². The van der Waals surface area contributed by atoms with Crippen molar-refractivity contribution in [2.24, 2.45) is 0 Å². The molecular weight excluding hydrogens is 854 g/mol. The van der Waals surface area contributed by atoms with Crippen LogP contribution in [0.25, 0.3) is 0 Å². The quantitative estimate of drug-likeness (QED) is 0.0281. The fourth-order valence-electron chi connectivity index (χ4n) is 9.09. The number of hydrogen-bond donors (Lipinski definition) is 1. The van der Waals surface area contributed by atoms with Crippen molar-refractivity contribution >= 4 is 13.8 Å². The van der Waals surface area contributed by atoms with Gasteiger partial charge in [-0.3, -0.25) is 13.8 Å². The summed E-state index contributed by atoms with van der Waals surface area (Å²) >= 11 is 0. The first-order chi connectivity index (χ1) is 32.6. The van der Waals surface area contributed by atoms with Crippen LogP contribution in [0.5, 0.6) is 0 Å². The predicted molar refractivity (Wildman–Crippen MR) is 289 cm³/mol. The topological polar surface area (TPSA) is 91.3 Å². The molecule has 67 heavy (non-hydrogen) atoms. The van der Waals surface area contributed by atoms with Gasteiger partial charge in [0.15, 0.2) is 0 Å². The smallest absolute Gasteiger partial charge is 0.457 e. The molecule has 0 radical (unpaired) electrons. The highest BCUT2D eigenvalue weighted by Crippen LogP contribution is 2.43. The molecule has 0 aliphatic carbocycles. The Morgan fingerprint density at radius 1 is 0.403 bits per heavy atom. The van der Waals surface area contributed by atoms with Crippen molar-refractivity contribution in [1.82, 2.24) is 0 Å². The Bertz CT molecular complexity index is 1040. The Morgan fingerprint density at radius 3 is 0.985 bits per heavy atom. The van der Waals surface area contributed by atoms with E-state index in [1.165, 1.54) is 257 Å². The molecule has 2 atom stereocenters. The van der Waals surface area contributed by atoms with Crippen molar-refractivity contribution in [3.05, 3.63) is 0 Å². The first-order valence-electron chi connectivity index (χ1n) is 29.8. The van der Waals surface area contributed by atoms with Gasteiger partial charge in [-0.25, -0.2) is 4.57 Å². The van der Waals surface area contributed by atoms with Crippen LogP contribution in [0, 0.1) is 0 Å². The summed E-state index contributed by atoms with van der Waals surface area (Å²) in [6, 6.07) is 0. The summed E-state index contributed by atoms with van der Waals surface area (Å²) in [5, 5.41) is 0. The Labute approximate surface area is 418 Å². The summed E-state index contributed by atoms with van der Waals surface area (Å²) in [7, 11) is 1.69. The third-order valence-electron chi connectivity index (χ3n) is 13.7. The number of nitrogens with zero attached hydrogens (tertiary/aromatic N) is 1. The van der Waals surface area contributed by atoms with Crippen molar-refractivity contribution in [1.29, 1.82) is 0 Å². The van der Waals surface area contributed by atoms with Crippen LogP contribution in [0.4, 0.5) is 0 Å². The lowest BCUT2D eigenvalue weighted by Crippen LogP contribution is -2.37. The van der Waals surface area contributed by atoms with Crippen LogP contribution in [0.15, 0.2) is 0 Å². The Balaban J connectivity index is 3.99. The summed E-state index contributed by atoms with van der Waals surface area (Å²) in [4.78, 5) is 23.1. The highest BCUT2D eigenvalue weighted by atomic mass is 31.2. The molecule has 0 bridgehead atoms. The zero-order valence-corrected chi connectivity index (χ0v) is 46.8. The van der Waals surface area contributed by atoms with Gasteiger partial charge >= 0.3 is 13.8 Å². The maximum atomic E-state index is 12.8. The lowest BCUT2D eigenvalue weighted by molar-refractivity contribution is -0.870. The molecule has 0 saturated heterocycles. The van der Waals surface area contributed by atoms with E-state index in [0.717, 1.165) is 32.1 Å². The number of likely N-dealkylation sites (N-methyl/N-ethyl adjacent to an activating group) is 1. The second-order valence-corrected chi connectivity index (χ2v) is 23.2. The standard InChI is InChI=1S/C58H118NO7P/c1-6-8-10-12-14-16-18-20-22-24-26-28-29-30-32-34-36-38-40-42-44-46-48-50-53-63-55-57(56-65-67(61,62)64-54-52-59(3,4)5)66-58(60)51-49-47-45-43-41-39-37-35-33-31-27-25-23-21-19-17-15-13-11-9-7-2/h57H,6-56H2,1-5H3/p+1. The fourth-order valence-corrected chi connectivity index (χ4v) is 9.83. The number of carbonyl (C=O) groups excluding carboxylic acids is 1. The number of hydrogen-bond acceptors (Lipinski definition) is 6. The van der Waals surface area contributed by atoms with E-state index < -0.39 is 13.9 Å². The molecule has 402 valence electrons. The number of phosphoric ester groups is 1. The Hall–Kier alpha value is -0.500. The third kappa shape index (κ3) is 56.3. The number of ether oxygens (including phenoxy) is 2. The van der Waals surface area contributed by atoms with E-state index >= 15 is 0 Å². The van der Waals surface area contributed by atoms with E-state index in [4.69, 9.17) is 18.5 Å². The molecule has 0 aliphatic rings. The van der Waals surface area contributed by atoms with E-state index in [9.17, 15) is 14.3 Å². The molecule has 0 heterocycles. The molecule has 0 aromatic carbocycles. The van der Waals surface area contributed by atoms with Gasteiger partial charge in [0.2, 0.25) is 0 Å². The second kappa shape index (κ2) is 51.8. The maximum absolute atomic E-state index is 12.8. The van der Waals surface area contributed by atoms with Crippen molar-refractivity contribution in [2.45, 2.75) is 315 Å². The van der Waals surface area contributed by atoms with Crippen LogP contribution in [-0.4, -0.2) is 75.6 Å². The number of esters is 1. The Morgan fingerprint density at radius 2 is 0.687 bits per heavy atom. The summed E-state index contributed by atoms with van der Waals surface area (Å²) in [6.45, 7) is 5.72. The lowest BCUT2D eigenvalue weighted by Gasteiger charge is -2.24. The number of carbonyl (C=O) groups is 1. The Kier molecular flexibility index (Phi) is 51.5. The van der Waals surface area contributed by atoms with Gasteiger partial charge < -0.3 is 18.9 Å². The van der Waals surface area contributed by atoms with Crippen LogP contribution in [0.2, 0.25) is 0 Å². The van der Waals surface area contributed by atoms with Gasteiger partial charge in [-0.15, -0.1) is 0 Å². The van der Waals surface area contributed by atoms with E-state index in [1.807, 2.05) is 21.1 Å². The van der Waals surface area contributed by atoms with Crippen LogP contribution in [-0.2, 0) is 27.9 Å². The predicted octanol–water partition coefficient (Wildman–Crippen LogP) is 18.7. The highest BCUT2D eigenvalue weighted by Gasteiger charge is 2.26.